The smallest absolute Gasteiger partial charge is 0.359 e. The number of benzene rings is 1. The van der Waals surface area contributed by atoms with E-state index in [9.17, 15) is 9.90 Å². The van der Waals surface area contributed by atoms with Gasteiger partial charge in [-0.05, 0) is 19.4 Å². The molecule has 114 valence electrons. The molecule has 3 aromatic rings. The monoisotopic (exact) mass is 317 g/mol. The lowest BCUT2D eigenvalue weighted by Gasteiger charge is -2.01. The van der Waals surface area contributed by atoms with E-state index in [0.29, 0.717) is 10.7 Å². The third-order valence-electron chi connectivity index (χ3n) is 3.29. The fourth-order valence-electron chi connectivity index (χ4n) is 2.22. The van der Waals surface area contributed by atoms with E-state index in [1.807, 2.05) is 31.2 Å². The summed E-state index contributed by atoms with van der Waals surface area (Å²) in [5, 5.41) is 14.8. The first-order chi connectivity index (χ1) is 10.7. The summed E-state index contributed by atoms with van der Waals surface area (Å²) in [6, 6.07) is 7.91. The van der Waals surface area contributed by atoms with Crippen LogP contribution in [0.2, 0.25) is 0 Å². The molecule has 0 saturated carbocycles. The number of ether oxygens (including phenoxy) is 1. The highest BCUT2D eigenvalue weighted by Crippen LogP contribution is 2.29. The minimum Gasteiger partial charge on any atom is -0.461 e. The summed E-state index contributed by atoms with van der Waals surface area (Å²) in [6.07, 6.45) is 0. The molecule has 0 unspecified atom stereocenters. The minimum atomic E-state index is -0.540. The van der Waals surface area contributed by atoms with Crippen molar-refractivity contribution in [3.63, 3.8) is 0 Å². The van der Waals surface area contributed by atoms with Crippen molar-refractivity contribution in [2.75, 3.05) is 6.61 Å². The van der Waals surface area contributed by atoms with Gasteiger partial charge in [-0.25, -0.2) is 14.3 Å². The summed E-state index contributed by atoms with van der Waals surface area (Å²) in [6.45, 7) is 3.67. The Morgan fingerprint density at radius 1 is 1.41 bits per heavy atom. The van der Waals surface area contributed by atoms with Crippen LogP contribution in [0.25, 0.3) is 15.5 Å². The number of aliphatic hydroxyl groups excluding tert-OH is 1. The molecule has 1 N–H and O–H groups in total. The zero-order chi connectivity index (χ0) is 15.7. The van der Waals surface area contributed by atoms with Gasteiger partial charge in [0.25, 0.3) is 0 Å². The molecule has 0 aliphatic heterocycles. The number of esters is 1. The van der Waals surface area contributed by atoms with Crippen LogP contribution in [0.4, 0.5) is 0 Å². The first-order valence-corrected chi connectivity index (χ1v) is 7.69. The Morgan fingerprint density at radius 3 is 2.86 bits per heavy atom. The highest BCUT2D eigenvalue weighted by Gasteiger charge is 2.22. The van der Waals surface area contributed by atoms with Gasteiger partial charge in [-0.3, -0.25) is 0 Å². The number of carbonyl (C=O) groups is 1. The number of hydrogen-bond acceptors (Lipinski definition) is 6. The van der Waals surface area contributed by atoms with Gasteiger partial charge in [0.15, 0.2) is 5.69 Å². The Hall–Kier alpha value is -2.25. The van der Waals surface area contributed by atoms with E-state index in [0.717, 1.165) is 16.1 Å². The van der Waals surface area contributed by atoms with Crippen molar-refractivity contribution in [2.24, 2.45) is 0 Å². The number of carbonyl (C=O) groups excluding carboxylic acids is 1. The SMILES string of the molecule is CCOC(=O)c1nc2sc(-c3ccccc3C)nn2c1CO. The number of fused-ring (bicyclic) bond motifs is 1. The van der Waals surface area contributed by atoms with E-state index >= 15 is 0 Å². The predicted octanol–water partition coefficient (Wildman–Crippen LogP) is 2.44. The van der Waals surface area contributed by atoms with Gasteiger partial charge in [-0.15, -0.1) is 0 Å². The second-order valence-corrected chi connectivity index (χ2v) is 5.66. The van der Waals surface area contributed by atoms with Gasteiger partial charge in [0, 0.05) is 5.56 Å². The Morgan fingerprint density at radius 2 is 2.18 bits per heavy atom. The predicted molar refractivity (Wildman–Crippen MR) is 82.9 cm³/mol. The standard InChI is InChI=1S/C15H15N3O3S/c1-3-21-14(20)12-11(8-19)18-15(16-12)22-13(17-18)10-7-5-4-6-9(10)2/h4-7,19H,3,8H2,1-2H3. The zero-order valence-electron chi connectivity index (χ0n) is 12.2. The topological polar surface area (TPSA) is 76.7 Å². The summed E-state index contributed by atoms with van der Waals surface area (Å²) in [5.74, 6) is -0.540. The molecule has 0 atom stereocenters. The lowest BCUT2D eigenvalue weighted by Crippen LogP contribution is -2.09. The van der Waals surface area contributed by atoms with E-state index in [2.05, 4.69) is 10.1 Å². The van der Waals surface area contributed by atoms with Gasteiger partial charge in [0.05, 0.1) is 13.2 Å². The second-order valence-electron chi connectivity index (χ2n) is 4.70. The molecule has 0 fully saturated rings. The summed E-state index contributed by atoms with van der Waals surface area (Å²) in [7, 11) is 0. The molecular formula is C15H15N3O3S. The van der Waals surface area contributed by atoms with Crippen LogP contribution >= 0.6 is 11.3 Å². The van der Waals surface area contributed by atoms with Crippen molar-refractivity contribution in [2.45, 2.75) is 20.5 Å². The van der Waals surface area contributed by atoms with Crippen LogP contribution in [0.3, 0.4) is 0 Å². The van der Waals surface area contributed by atoms with Crippen molar-refractivity contribution in [3.05, 3.63) is 41.2 Å². The molecule has 2 aromatic heterocycles. The molecule has 0 aliphatic carbocycles. The van der Waals surface area contributed by atoms with Gasteiger partial charge < -0.3 is 9.84 Å². The molecule has 0 radical (unpaired) electrons. The van der Waals surface area contributed by atoms with Gasteiger partial charge in [-0.1, -0.05) is 35.6 Å². The summed E-state index contributed by atoms with van der Waals surface area (Å²) >= 11 is 1.37. The molecule has 0 spiro atoms. The molecule has 3 rings (SSSR count). The highest BCUT2D eigenvalue weighted by molar-refractivity contribution is 7.19. The van der Waals surface area contributed by atoms with Crippen molar-refractivity contribution in [1.82, 2.24) is 14.6 Å². The van der Waals surface area contributed by atoms with E-state index in [-0.39, 0.29) is 18.9 Å². The molecular weight excluding hydrogens is 302 g/mol. The van der Waals surface area contributed by atoms with Crippen LogP contribution in [-0.4, -0.2) is 32.3 Å². The lowest BCUT2D eigenvalue weighted by atomic mass is 10.1. The summed E-state index contributed by atoms with van der Waals surface area (Å²) < 4.78 is 6.47. The maximum Gasteiger partial charge on any atom is 0.359 e. The fraction of sp³-hybridized carbons (Fsp3) is 0.267. The number of nitrogens with zero attached hydrogens (tertiary/aromatic N) is 3. The molecule has 7 heteroatoms. The molecule has 6 nitrogen and oxygen atoms in total. The first-order valence-electron chi connectivity index (χ1n) is 6.88. The quantitative estimate of drug-likeness (QED) is 0.748. The first kappa shape index (κ1) is 14.7. The summed E-state index contributed by atoms with van der Waals surface area (Å²) in [5.41, 5.74) is 2.60. The van der Waals surface area contributed by atoms with Gasteiger partial charge in [0.2, 0.25) is 4.96 Å². The minimum absolute atomic E-state index is 0.124. The van der Waals surface area contributed by atoms with E-state index in [1.54, 1.807) is 6.92 Å². The normalized spacial score (nSPS) is 11.0. The van der Waals surface area contributed by atoms with Gasteiger partial charge >= 0.3 is 5.97 Å². The van der Waals surface area contributed by atoms with Crippen molar-refractivity contribution in [1.29, 1.82) is 0 Å². The van der Waals surface area contributed by atoms with E-state index in [1.165, 1.54) is 15.9 Å². The zero-order valence-corrected chi connectivity index (χ0v) is 13.1. The van der Waals surface area contributed by atoms with Crippen molar-refractivity contribution in [3.8, 4) is 10.6 Å². The number of imidazole rings is 1. The Kier molecular flexibility index (Phi) is 3.91. The fourth-order valence-corrected chi connectivity index (χ4v) is 3.23. The Bertz CT molecular complexity index is 838. The van der Waals surface area contributed by atoms with Gasteiger partial charge in [0.1, 0.15) is 10.7 Å². The van der Waals surface area contributed by atoms with Crippen LogP contribution in [-0.2, 0) is 11.3 Å². The number of rotatable bonds is 4. The number of aryl methyl sites for hydroxylation is 1. The average molecular weight is 317 g/mol. The van der Waals surface area contributed by atoms with Crippen LogP contribution in [0.5, 0.6) is 0 Å². The van der Waals surface area contributed by atoms with Crippen LogP contribution < -0.4 is 0 Å². The number of aromatic nitrogens is 3. The van der Waals surface area contributed by atoms with Crippen LogP contribution in [0.1, 0.15) is 28.7 Å². The number of hydrogen-bond donors (Lipinski definition) is 1. The molecule has 0 amide bonds. The maximum absolute atomic E-state index is 11.9. The largest absolute Gasteiger partial charge is 0.461 e. The van der Waals surface area contributed by atoms with Gasteiger partial charge in [-0.2, -0.15) is 5.10 Å². The molecule has 0 aliphatic rings. The third kappa shape index (κ3) is 2.38. The number of aliphatic hydroxyl groups is 1. The van der Waals surface area contributed by atoms with E-state index < -0.39 is 5.97 Å². The van der Waals surface area contributed by atoms with Crippen LogP contribution in [0.15, 0.2) is 24.3 Å². The Balaban J connectivity index is 2.11. The molecule has 2 heterocycles. The lowest BCUT2D eigenvalue weighted by molar-refractivity contribution is 0.0516. The van der Waals surface area contributed by atoms with Crippen molar-refractivity contribution < 1.29 is 14.6 Å². The van der Waals surface area contributed by atoms with Crippen molar-refractivity contribution >= 4 is 22.3 Å². The summed E-state index contributed by atoms with van der Waals surface area (Å²) in [4.78, 5) is 16.7. The Labute approximate surface area is 131 Å². The molecule has 0 saturated heterocycles. The maximum atomic E-state index is 11.9. The molecule has 0 bridgehead atoms. The second kappa shape index (κ2) is 5.86. The van der Waals surface area contributed by atoms with Crippen LogP contribution in [0, 0.1) is 6.92 Å². The average Bonchev–Trinajstić information content (AvgIpc) is 3.05. The van der Waals surface area contributed by atoms with E-state index in [4.69, 9.17) is 4.74 Å². The molecule has 1 aromatic carbocycles. The molecule has 22 heavy (non-hydrogen) atoms. The third-order valence-corrected chi connectivity index (χ3v) is 4.23. The highest BCUT2D eigenvalue weighted by atomic mass is 32.1.